The van der Waals surface area contributed by atoms with Crippen LogP contribution in [0.2, 0.25) is 0 Å². The van der Waals surface area contributed by atoms with Crippen molar-refractivity contribution in [3.8, 4) is 16.9 Å². The molecule has 4 aromatic rings. The van der Waals surface area contributed by atoms with Crippen molar-refractivity contribution in [3.05, 3.63) is 72.1 Å². The number of methoxy groups -OCH3 is 1. The molecule has 0 spiro atoms. The van der Waals surface area contributed by atoms with Crippen LogP contribution >= 0.6 is 0 Å². The molecule has 0 atom stereocenters. The fourth-order valence-electron chi connectivity index (χ4n) is 3.12. The SMILES string of the molecule is COc1ccc(-c2cnc3cc(C(=O)Nc4cc(C(F)(F)F)nn4C)ccc3c2)cc1. The Morgan fingerprint density at radius 2 is 1.77 bits per heavy atom. The summed E-state index contributed by atoms with van der Waals surface area (Å²) in [7, 11) is 2.93. The predicted molar refractivity (Wildman–Crippen MR) is 110 cm³/mol. The smallest absolute Gasteiger partial charge is 0.435 e. The third-order valence-electron chi connectivity index (χ3n) is 4.78. The number of rotatable bonds is 4. The fourth-order valence-corrected chi connectivity index (χ4v) is 3.12. The topological polar surface area (TPSA) is 69.0 Å². The molecule has 0 saturated carbocycles. The normalized spacial score (nSPS) is 11.5. The van der Waals surface area contributed by atoms with Gasteiger partial charge in [-0.25, -0.2) is 0 Å². The second kappa shape index (κ2) is 7.75. The summed E-state index contributed by atoms with van der Waals surface area (Å²) in [6, 6.07) is 15.2. The molecule has 0 aliphatic rings. The molecule has 0 radical (unpaired) electrons. The molecule has 158 valence electrons. The number of benzene rings is 2. The summed E-state index contributed by atoms with van der Waals surface area (Å²) < 4.78 is 44.6. The van der Waals surface area contributed by atoms with E-state index >= 15 is 0 Å². The molecule has 0 saturated heterocycles. The standard InChI is InChI=1S/C22H17F3N4O2/c1-29-20(11-19(28-29)22(23,24)25)27-21(30)15-4-3-14-9-16(12-26-18(14)10-15)13-5-7-17(31-2)8-6-13/h3-12H,1-2H3,(H,27,30). The van der Waals surface area contributed by atoms with Gasteiger partial charge in [-0.1, -0.05) is 18.2 Å². The molecular formula is C22H17F3N4O2. The van der Waals surface area contributed by atoms with Crippen LogP contribution in [0.15, 0.2) is 60.8 Å². The van der Waals surface area contributed by atoms with E-state index < -0.39 is 17.8 Å². The first-order valence-corrected chi connectivity index (χ1v) is 9.21. The predicted octanol–water partition coefficient (Wildman–Crippen LogP) is 4.92. The Balaban J connectivity index is 1.57. The minimum atomic E-state index is -4.59. The number of anilines is 1. The van der Waals surface area contributed by atoms with Gasteiger partial charge in [0.1, 0.15) is 11.6 Å². The Labute approximate surface area is 175 Å². The fraction of sp³-hybridized carbons (Fsp3) is 0.136. The van der Waals surface area contributed by atoms with Gasteiger partial charge in [-0.2, -0.15) is 18.3 Å². The van der Waals surface area contributed by atoms with Crippen LogP contribution in [0.5, 0.6) is 5.75 Å². The third kappa shape index (κ3) is 4.20. The molecule has 31 heavy (non-hydrogen) atoms. The summed E-state index contributed by atoms with van der Waals surface area (Å²) >= 11 is 0. The van der Waals surface area contributed by atoms with Crippen LogP contribution in [-0.4, -0.2) is 27.8 Å². The Kier molecular flexibility index (Phi) is 5.10. The molecule has 0 aliphatic heterocycles. The summed E-state index contributed by atoms with van der Waals surface area (Å²) in [6.07, 6.45) is -2.89. The zero-order valence-electron chi connectivity index (χ0n) is 16.6. The molecule has 0 aliphatic carbocycles. The Morgan fingerprint density at radius 3 is 2.42 bits per heavy atom. The van der Waals surface area contributed by atoms with Crippen LogP contribution in [0.4, 0.5) is 19.0 Å². The number of alkyl halides is 3. The monoisotopic (exact) mass is 426 g/mol. The van der Waals surface area contributed by atoms with Crippen LogP contribution in [0.3, 0.4) is 0 Å². The van der Waals surface area contributed by atoms with Gasteiger partial charge in [0.05, 0.1) is 12.6 Å². The number of ether oxygens (including phenoxy) is 1. The van der Waals surface area contributed by atoms with Gasteiger partial charge in [0.15, 0.2) is 5.69 Å². The molecule has 0 unspecified atom stereocenters. The molecule has 2 aromatic carbocycles. The second-order valence-corrected chi connectivity index (χ2v) is 6.85. The van der Waals surface area contributed by atoms with E-state index in [1.807, 2.05) is 30.3 Å². The van der Waals surface area contributed by atoms with Gasteiger partial charge in [-0.3, -0.25) is 14.5 Å². The summed E-state index contributed by atoms with van der Waals surface area (Å²) in [5, 5.41) is 6.66. The van der Waals surface area contributed by atoms with Gasteiger partial charge in [-0.15, -0.1) is 0 Å². The van der Waals surface area contributed by atoms with E-state index in [9.17, 15) is 18.0 Å². The van der Waals surface area contributed by atoms with E-state index in [1.165, 1.54) is 7.05 Å². The average Bonchev–Trinajstić information content (AvgIpc) is 3.13. The van der Waals surface area contributed by atoms with E-state index in [2.05, 4.69) is 15.4 Å². The van der Waals surface area contributed by atoms with Crippen LogP contribution < -0.4 is 10.1 Å². The molecular weight excluding hydrogens is 409 g/mol. The number of halogens is 3. The zero-order valence-corrected chi connectivity index (χ0v) is 16.6. The summed E-state index contributed by atoms with van der Waals surface area (Å²) in [5.41, 5.74) is 1.66. The van der Waals surface area contributed by atoms with Crippen molar-refractivity contribution in [1.29, 1.82) is 0 Å². The first kappa shape index (κ1) is 20.4. The first-order chi connectivity index (χ1) is 14.7. The van der Waals surface area contributed by atoms with Gasteiger partial charge < -0.3 is 10.1 Å². The molecule has 6 nitrogen and oxygen atoms in total. The van der Waals surface area contributed by atoms with E-state index in [0.717, 1.165) is 33.0 Å². The lowest BCUT2D eigenvalue weighted by Crippen LogP contribution is -2.14. The van der Waals surface area contributed by atoms with Crippen LogP contribution in [-0.2, 0) is 13.2 Å². The summed E-state index contributed by atoms with van der Waals surface area (Å²) in [4.78, 5) is 17.0. The highest BCUT2D eigenvalue weighted by atomic mass is 19.4. The van der Waals surface area contributed by atoms with Crippen molar-refractivity contribution in [1.82, 2.24) is 14.8 Å². The molecule has 1 N–H and O–H groups in total. The molecule has 9 heteroatoms. The largest absolute Gasteiger partial charge is 0.497 e. The van der Waals surface area contributed by atoms with Crippen molar-refractivity contribution in [2.45, 2.75) is 6.18 Å². The molecule has 1 amide bonds. The molecule has 2 heterocycles. The third-order valence-corrected chi connectivity index (χ3v) is 4.78. The van der Waals surface area contributed by atoms with Gasteiger partial charge in [-0.05, 0) is 35.9 Å². The van der Waals surface area contributed by atoms with Crippen molar-refractivity contribution in [2.24, 2.45) is 7.05 Å². The number of carbonyl (C=O) groups is 1. The van der Waals surface area contributed by atoms with Crippen molar-refractivity contribution < 1.29 is 22.7 Å². The van der Waals surface area contributed by atoms with E-state index in [1.54, 1.807) is 31.5 Å². The number of nitrogens with one attached hydrogen (secondary N) is 1. The number of nitrogens with zero attached hydrogens (tertiary/aromatic N) is 3. The summed E-state index contributed by atoms with van der Waals surface area (Å²) in [5.74, 6) is 0.142. The highest BCUT2D eigenvalue weighted by Gasteiger charge is 2.34. The number of hydrogen-bond donors (Lipinski definition) is 1. The number of aryl methyl sites for hydroxylation is 1. The van der Waals surface area contributed by atoms with Gasteiger partial charge in [0.2, 0.25) is 0 Å². The number of fused-ring (bicyclic) bond motifs is 1. The lowest BCUT2D eigenvalue weighted by Gasteiger charge is -2.08. The van der Waals surface area contributed by atoms with E-state index in [-0.39, 0.29) is 11.4 Å². The molecule has 0 bridgehead atoms. The number of aromatic nitrogens is 3. The van der Waals surface area contributed by atoms with E-state index in [0.29, 0.717) is 5.52 Å². The van der Waals surface area contributed by atoms with Crippen LogP contribution in [0.25, 0.3) is 22.0 Å². The maximum atomic E-state index is 12.8. The number of amides is 1. The Hall–Kier alpha value is -3.88. The van der Waals surface area contributed by atoms with Gasteiger partial charge in [0, 0.05) is 35.8 Å². The lowest BCUT2D eigenvalue weighted by atomic mass is 10.0. The number of carbonyl (C=O) groups excluding carboxylic acids is 1. The Morgan fingerprint density at radius 1 is 1.03 bits per heavy atom. The van der Waals surface area contributed by atoms with Crippen LogP contribution in [0, 0.1) is 0 Å². The van der Waals surface area contributed by atoms with Crippen molar-refractivity contribution in [2.75, 3.05) is 12.4 Å². The number of hydrogen-bond acceptors (Lipinski definition) is 4. The van der Waals surface area contributed by atoms with E-state index in [4.69, 9.17) is 4.74 Å². The van der Waals surface area contributed by atoms with Gasteiger partial charge >= 0.3 is 6.18 Å². The lowest BCUT2D eigenvalue weighted by molar-refractivity contribution is -0.141. The van der Waals surface area contributed by atoms with Gasteiger partial charge in [0.25, 0.3) is 5.91 Å². The average molecular weight is 426 g/mol. The first-order valence-electron chi connectivity index (χ1n) is 9.21. The molecule has 4 rings (SSSR count). The summed E-state index contributed by atoms with van der Waals surface area (Å²) in [6.45, 7) is 0. The second-order valence-electron chi connectivity index (χ2n) is 6.85. The maximum Gasteiger partial charge on any atom is 0.435 e. The quantitative estimate of drug-likeness (QED) is 0.503. The minimum Gasteiger partial charge on any atom is -0.497 e. The maximum absolute atomic E-state index is 12.8. The minimum absolute atomic E-state index is 0.0553. The molecule has 2 aromatic heterocycles. The van der Waals surface area contributed by atoms with Crippen LogP contribution in [0.1, 0.15) is 16.1 Å². The van der Waals surface area contributed by atoms with Crippen molar-refractivity contribution >= 4 is 22.6 Å². The zero-order chi connectivity index (χ0) is 22.2. The van der Waals surface area contributed by atoms with Crippen molar-refractivity contribution in [3.63, 3.8) is 0 Å². The Bertz CT molecular complexity index is 1260. The molecule has 0 fully saturated rings. The highest BCUT2D eigenvalue weighted by molar-refractivity contribution is 6.05. The highest BCUT2D eigenvalue weighted by Crippen LogP contribution is 2.30. The number of pyridine rings is 1.